The van der Waals surface area contributed by atoms with Gasteiger partial charge in [-0.05, 0) is 25.0 Å². The second-order valence-electron chi connectivity index (χ2n) is 4.03. The molecule has 1 heterocycles. The number of benzene rings is 1. The number of aromatic nitrogens is 2. The zero-order valence-corrected chi connectivity index (χ0v) is 9.66. The molecule has 0 saturated carbocycles. The van der Waals surface area contributed by atoms with Crippen molar-refractivity contribution in [2.45, 2.75) is 26.8 Å². The summed E-state index contributed by atoms with van der Waals surface area (Å²) in [6.45, 7) is 4.84. The maximum Gasteiger partial charge on any atom is 0.267 e. The normalized spacial score (nSPS) is 10.6. The van der Waals surface area contributed by atoms with Gasteiger partial charge >= 0.3 is 0 Å². The van der Waals surface area contributed by atoms with E-state index in [4.69, 9.17) is 0 Å². The smallest absolute Gasteiger partial charge is 0.267 e. The van der Waals surface area contributed by atoms with Crippen molar-refractivity contribution in [1.82, 2.24) is 9.78 Å². The first-order valence-electron chi connectivity index (χ1n) is 5.57. The Morgan fingerprint density at radius 1 is 1.31 bits per heavy atom. The molecule has 0 fully saturated rings. The molecule has 0 spiro atoms. The fourth-order valence-electron chi connectivity index (χ4n) is 1.78. The van der Waals surface area contributed by atoms with Gasteiger partial charge in [0, 0.05) is 12.6 Å². The van der Waals surface area contributed by atoms with Gasteiger partial charge in [-0.3, -0.25) is 14.6 Å². The number of H-pyrrole nitrogens is 1. The number of aromatic amines is 1. The summed E-state index contributed by atoms with van der Waals surface area (Å²) in [7, 11) is 0. The molecule has 0 bridgehead atoms. The first-order valence-corrected chi connectivity index (χ1v) is 5.57. The van der Waals surface area contributed by atoms with Crippen LogP contribution in [-0.2, 0) is 6.54 Å². The topological polar surface area (TPSA) is 37.8 Å². The highest BCUT2D eigenvalue weighted by Crippen LogP contribution is 2.16. The van der Waals surface area contributed by atoms with Gasteiger partial charge in [-0.15, -0.1) is 0 Å². The summed E-state index contributed by atoms with van der Waals surface area (Å²) in [5.74, 6) is 0. The number of rotatable bonds is 3. The van der Waals surface area contributed by atoms with Crippen LogP contribution in [0.2, 0.25) is 0 Å². The van der Waals surface area contributed by atoms with Crippen molar-refractivity contribution in [3.63, 3.8) is 0 Å². The van der Waals surface area contributed by atoms with Gasteiger partial charge in [0.25, 0.3) is 5.56 Å². The molecule has 0 unspecified atom stereocenters. The molecule has 0 atom stereocenters. The van der Waals surface area contributed by atoms with Crippen molar-refractivity contribution in [1.29, 1.82) is 0 Å². The van der Waals surface area contributed by atoms with E-state index in [0.29, 0.717) is 0 Å². The monoisotopic (exact) mass is 216 g/mol. The summed E-state index contributed by atoms with van der Waals surface area (Å²) in [5, 5.41) is 3.13. The van der Waals surface area contributed by atoms with Crippen molar-refractivity contribution in [2.24, 2.45) is 0 Å². The first kappa shape index (κ1) is 10.7. The van der Waals surface area contributed by atoms with Crippen LogP contribution in [0.3, 0.4) is 0 Å². The van der Waals surface area contributed by atoms with Gasteiger partial charge in [0.1, 0.15) is 0 Å². The Morgan fingerprint density at radius 2 is 2.12 bits per heavy atom. The lowest BCUT2D eigenvalue weighted by Gasteiger charge is -2.00. The fourth-order valence-corrected chi connectivity index (χ4v) is 1.78. The van der Waals surface area contributed by atoms with Crippen LogP contribution in [0.4, 0.5) is 0 Å². The predicted molar refractivity (Wildman–Crippen MR) is 65.5 cm³/mol. The van der Waals surface area contributed by atoms with Crippen LogP contribution < -0.4 is 5.56 Å². The van der Waals surface area contributed by atoms with Gasteiger partial charge in [-0.1, -0.05) is 30.7 Å². The largest absolute Gasteiger partial charge is 0.295 e. The molecule has 16 heavy (non-hydrogen) atoms. The van der Waals surface area contributed by atoms with E-state index in [-0.39, 0.29) is 5.56 Å². The zero-order valence-electron chi connectivity index (χ0n) is 9.66. The van der Waals surface area contributed by atoms with E-state index in [9.17, 15) is 4.79 Å². The minimum absolute atomic E-state index is 0.0401. The third-order valence-corrected chi connectivity index (χ3v) is 2.57. The third-order valence-electron chi connectivity index (χ3n) is 2.57. The quantitative estimate of drug-likeness (QED) is 0.841. The minimum atomic E-state index is 0.0401. The molecule has 0 aliphatic rings. The highest BCUT2D eigenvalue weighted by atomic mass is 16.1. The van der Waals surface area contributed by atoms with E-state index < -0.39 is 0 Å². The summed E-state index contributed by atoms with van der Waals surface area (Å²) < 4.78 is 1.65. The fraction of sp³-hybridized carbons (Fsp3) is 0.308. The van der Waals surface area contributed by atoms with Crippen molar-refractivity contribution in [2.75, 3.05) is 0 Å². The molecule has 0 aliphatic carbocycles. The number of nitrogens with one attached hydrogen (secondary N) is 1. The molecule has 2 rings (SSSR count). The molecule has 1 N–H and O–H groups in total. The lowest BCUT2D eigenvalue weighted by molar-refractivity contribution is 0.587. The number of aryl methyl sites for hydroxylation is 2. The van der Waals surface area contributed by atoms with Crippen LogP contribution in [0.25, 0.3) is 11.3 Å². The SMILES string of the molecule is CCCn1[nH]c(-c2cccc(C)c2)cc1=O. The standard InChI is InChI=1S/C13H16N2O/c1-3-7-15-13(16)9-12(14-15)11-6-4-5-10(2)8-11/h4-6,8-9,14H,3,7H2,1-2H3. The minimum Gasteiger partial charge on any atom is -0.295 e. The number of hydrogen-bond acceptors (Lipinski definition) is 1. The predicted octanol–water partition coefficient (Wildman–Crippen LogP) is 2.56. The second-order valence-corrected chi connectivity index (χ2v) is 4.03. The van der Waals surface area contributed by atoms with Crippen molar-refractivity contribution in [3.8, 4) is 11.3 Å². The second kappa shape index (κ2) is 4.39. The molecule has 0 saturated heterocycles. The van der Waals surface area contributed by atoms with Crippen LogP contribution in [-0.4, -0.2) is 9.78 Å². The number of nitrogens with zero attached hydrogens (tertiary/aromatic N) is 1. The van der Waals surface area contributed by atoms with Crippen LogP contribution in [0.15, 0.2) is 35.1 Å². The molecule has 3 heteroatoms. The van der Waals surface area contributed by atoms with Gasteiger partial charge in [-0.2, -0.15) is 0 Å². The highest BCUT2D eigenvalue weighted by molar-refractivity contribution is 5.59. The molecule has 0 aliphatic heterocycles. The molecule has 3 nitrogen and oxygen atoms in total. The Kier molecular flexibility index (Phi) is 2.95. The third kappa shape index (κ3) is 2.08. The average Bonchev–Trinajstić information content (AvgIpc) is 2.61. The van der Waals surface area contributed by atoms with Crippen molar-refractivity contribution in [3.05, 3.63) is 46.2 Å². The van der Waals surface area contributed by atoms with Crippen LogP contribution >= 0.6 is 0 Å². The van der Waals surface area contributed by atoms with Crippen molar-refractivity contribution < 1.29 is 0 Å². The van der Waals surface area contributed by atoms with Gasteiger partial charge in [0.05, 0.1) is 5.69 Å². The van der Waals surface area contributed by atoms with Crippen molar-refractivity contribution >= 4 is 0 Å². The summed E-state index contributed by atoms with van der Waals surface area (Å²) in [5.41, 5.74) is 3.19. The Labute approximate surface area is 94.7 Å². The van der Waals surface area contributed by atoms with Crippen LogP contribution in [0, 0.1) is 6.92 Å². The van der Waals surface area contributed by atoms with E-state index in [1.54, 1.807) is 10.7 Å². The maximum absolute atomic E-state index is 11.6. The summed E-state index contributed by atoms with van der Waals surface area (Å²) in [6.07, 6.45) is 0.952. The highest BCUT2D eigenvalue weighted by Gasteiger charge is 2.04. The molecule has 2 aromatic rings. The maximum atomic E-state index is 11.6. The average molecular weight is 216 g/mol. The Balaban J connectivity index is 2.41. The van der Waals surface area contributed by atoms with Crippen LogP contribution in [0.5, 0.6) is 0 Å². The van der Waals surface area contributed by atoms with E-state index in [1.165, 1.54) is 5.56 Å². The first-order chi connectivity index (χ1) is 7.70. The van der Waals surface area contributed by atoms with E-state index in [1.807, 2.05) is 25.1 Å². The van der Waals surface area contributed by atoms with Gasteiger partial charge in [0.2, 0.25) is 0 Å². The summed E-state index contributed by atoms with van der Waals surface area (Å²) >= 11 is 0. The van der Waals surface area contributed by atoms with Gasteiger partial charge < -0.3 is 0 Å². The van der Waals surface area contributed by atoms with E-state index >= 15 is 0 Å². The Bertz CT molecular complexity index is 537. The molecule has 1 aromatic carbocycles. The summed E-state index contributed by atoms with van der Waals surface area (Å²) in [6, 6.07) is 9.78. The molecule has 1 aromatic heterocycles. The molecular weight excluding hydrogens is 200 g/mol. The lowest BCUT2D eigenvalue weighted by atomic mass is 10.1. The Hall–Kier alpha value is -1.77. The molecular formula is C13H16N2O. The van der Waals surface area contributed by atoms with Crippen LogP contribution in [0.1, 0.15) is 18.9 Å². The lowest BCUT2D eigenvalue weighted by Crippen LogP contribution is -2.15. The molecule has 0 amide bonds. The number of hydrogen-bond donors (Lipinski definition) is 1. The van der Waals surface area contributed by atoms with E-state index in [0.717, 1.165) is 24.2 Å². The van der Waals surface area contributed by atoms with Gasteiger partial charge in [-0.25, -0.2) is 0 Å². The van der Waals surface area contributed by atoms with Gasteiger partial charge in [0.15, 0.2) is 0 Å². The van der Waals surface area contributed by atoms with E-state index in [2.05, 4.69) is 18.1 Å². The molecule has 0 radical (unpaired) electrons. The molecule has 84 valence electrons. The zero-order chi connectivity index (χ0) is 11.5. The summed E-state index contributed by atoms with van der Waals surface area (Å²) in [4.78, 5) is 11.6. The Morgan fingerprint density at radius 3 is 2.81 bits per heavy atom.